The second-order valence-electron chi connectivity index (χ2n) is 13.4. The molecule has 2 N–H and O–H groups in total. The lowest BCUT2D eigenvalue weighted by Gasteiger charge is -2.18. The Morgan fingerprint density at radius 1 is 0.857 bits per heavy atom. The third-order valence-electron chi connectivity index (χ3n) is 9.84. The van der Waals surface area contributed by atoms with E-state index < -0.39 is 0 Å². The number of Topliss-reactive ketones (excluding diaryl/α,β-unsaturated/α-hetero) is 1. The van der Waals surface area contributed by atoms with E-state index in [1.807, 2.05) is 30.3 Å². The van der Waals surface area contributed by atoms with E-state index in [0.29, 0.717) is 54.3 Å². The molecule has 8 nitrogen and oxygen atoms in total. The number of hydrogen-bond acceptors (Lipinski definition) is 7. The number of ether oxygens (including phenoxy) is 2. The first kappa shape index (κ1) is 34.6. The molecule has 2 atom stereocenters. The van der Waals surface area contributed by atoms with Gasteiger partial charge in [-0.25, -0.2) is 9.97 Å². The molecule has 256 valence electrons. The number of nitrogens with one attached hydrogen (secondary N) is 2. The smallest absolute Gasteiger partial charge is 0.220 e. The summed E-state index contributed by atoms with van der Waals surface area (Å²) in [5.74, 6) is 2.10. The topological polar surface area (TPSA) is 102 Å². The summed E-state index contributed by atoms with van der Waals surface area (Å²) in [4.78, 5) is 33.0. The number of nitrogens with zero attached hydrogens (tertiary/aromatic N) is 2. The number of pyridine rings is 2. The second kappa shape index (κ2) is 15.5. The van der Waals surface area contributed by atoms with Gasteiger partial charge in [0.1, 0.15) is 5.78 Å². The molecule has 6 rings (SSSR count). The van der Waals surface area contributed by atoms with Crippen molar-refractivity contribution in [3.63, 3.8) is 0 Å². The predicted molar refractivity (Wildman–Crippen MR) is 194 cm³/mol. The van der Waals surface area contributed by atoms with Crippen molar-refractivity contribution < 1.29 is 19.1 Å². The van der Waals surface area contributed by atoms with Gasteiger partial charge in [-0.1, -0.05) is 48.0 Å². The summed E-state index contributed by atoms with van der Waals surface area (Å²) in [6.45, 7) is 5.62. The Hall–Kier alpha value is -4.27. The largest absolute Gasteiger partial charge is 0.481 e. The highest BCUT2D eigenvalue weighted by Crippen LogP contribution is 2.41. The summed E-state index contributed by atoms with van der Waals surface area (Å²) < 4.78 is 11.5. The average Bonchev–Trinajstić information content (AvgIpc) is 3.72. The SMILES string of the molecule is COc1nc(-c2cc(C)cc(-c3cccc(-c4ccc(CCC[C@@H]5CCC(=O)N5)c(OC)n4)c3Cl)c2C)ccc1CNC[C@@H]1CCC(=O)C1. The monoisotopic (exact) mass is 680 g/mol. The molecule has 1 amide bonds. The van der Waals surface area contributed by atoms with Crippen LogP contribution >= 0.6 is 11.6 Å². The van der Waals surface area contributed by atoms with Gasteiger partial charge in [-0.05, 0) is 93.3 Å². The summed E-state index contributed by atoms with van der Waals surface area (Å²) in [5, 5.41) is 7.16. The number of rotatable bonds is 13. The number of amides is 1. The first-order valence-electron chi connectivity index (χ1n) is 17.2. The summed E-state index contributed by atoms with van der Waals surface area (Å²) in [7, 11) is 3.30. The minimum atomic E-state index is 0.148. The number of carbonyl (C=O) groups is 2. The fraction of sp³-hybridized carbons (Fsp3) is 0.400. The van der Waals surface area contributed by atoms with Crippen LogP contribution in [0.25, 0.3) is 33.6 Å². The first-order chi connectivity index (χ1) is 23.7. The fourth-order valence-electron chi connectivity index (χ4n) is 7.17. The van der Waals surface area contributed by atoms with Crippen LogP contribution in [0.5, 0.6) is 11.8 Å². The Bertz CT molecular complexity index is 1860. The number of benzene rings is 2. The van der Waals surface area contributed by atoms with E-state index in [0.717, 1.165) is 94.5 Å². The number of hydrogen-bond donors (Lipinski definition) is 2. The van der Waals surface area contributed by atoms with Crippen LogP contribution in [-0.2, 0) is 22.6 Å². The van der Waals surface area contributed by atoms with Gasteiger partial charge >= 0.3 is 0 Å². The molecule has 1 saturated carbocycles. The second-order valence-corrected chi connectivity index (χ2v) is 13.7. The average molecular weight is 681 g/mol. The molecule has 1 aliphatic carbocycles. The molecule has 4 aromatic rings. The third kappa shape index (κ3) is 7.97. The first-order valence-corrected chi connectivity index (χ1v) is 17.6. The van der Waals surface area contributed by atoms with Gasteiger partial charge in [0.05, 0.1) is 30.6 Å². The highest BCUT2D eigenvalue weighted by atomic mass is 35.5. The van der Waals surface area contributed by atoms with E-state index in [-0.39, 0.29) is 11.9 Å². The summed E-state index contributed by atoms with van der Waals surface area (Å²) in [6.07, 6.45) is 6.56. The van der Waals surface area contributed by atoms with Crippen LogP contribution in [0.1, 0.15) is 67.2 Å². The molecule has 2 aliphatic rings. The Morgan fingerprint density at radius 2 is 1.55 bits per heavy atom. The van der Waals surface area contributed by atoms with Crippen molar-refractivity contribution in [3.05, 3.63) is 81.9 Å². The third-order valence-corrected chi connectivity index (χ3v) is 10.2. The molecule has 9 heteroatoms. The minimum absolute atomic E-state index is 0.148. The van der Waals surface area contributed by atoms with Crippen LogP contribution in [0.4, 0.5) is 0 Å². The van der Waals surface area contributed by atoms with Gasteiger partial charge in [-0.2, -0.15) is 0 Å². The maximum absolute atomic E-state index is 11.6. The van der Waals surface area contributed by atoms with Crippen molar-refractivity contribution in [2.75, 3.05) is 20.8 Å². The van der Waals surface area contributed by atoms with Crippen molar-refractivity contribution in [2.24, 2.45) is 5.92 Å². The maximum Gasteiger partial charge on any atom is 0.220 e. The molecule has 0 spiro atoms. The van der Waals surface area contributed by atoms with E-state index in [1.54, 1.807) is 14.2 Å². The van der Waals surface area contributed by atoms with Crippen LogP contribution in [0.3, 0.4) is 0 Å². The normalized spacial score (nSPS) is 17.4. The van der Waals surface area contributed by atoms with Gasteiger partial charge in [0.2, 0.25) is 17.7 Å². The Balaban J connectivity index is 1.23. The van der Waals surface area contributed by atoms with Crippen LogP contribution in [0.15, 0.2) is 54.6 Å². The molecule has 0 bridgehead atoms. The maximum atomic E-state index is 11.6. The highest BCUT2D eigenvalue weighted by molar-refractivity contribution is 6.36. The van der Waals surface area contributed by atoms with Gasteiger partial charge in [-0.3, -0.25) is 9.59 Å². The molecular formula is C40H45ClN4O4. The van der Waals surface area contributed by atoms with Crippen molar-refractivity contribution in [3.8, 4) is 45.4 Å². The Morgan fingerprint density at radius 3 is 2.24 bits per heavy atom. The zero-order chi connectivity index (χ0) is 34.5. The van der Waals surface area contributed by atoms with Gasteiger partial charge in [-0.15, -0.1) is 0 Å². The van der Waals surface area contributed by atoms with Crippen molar-refractivity contribution in [1.29, 1.82) is 0 Å². The molecule has 0 unspecified atom stereocenters. The molecule has 1 saturated heterocycles. The number of halogens is 1. The molecule has 2 aromatic carbocycles. The van der Waals surface area contributed by atoms with E-state index in [1.165, 1.54) is 0 Å². The van der Waals surface area contributed by atoms with Crippen LogP contribution in [-0.4, -0.2) is 48.5 Å². The zero-order valence-corrected chi connectivity index (χ0v) is 29.6. The molecular weight excluding hydrogens is 636 g/mol. The van der Waals surface area contributed by atoms with E-state index in [2.05, 4.69) is 48.7 Å². The number of aromatic nitrogens is 2. The molecule has 0 radical (unpaired) electrons. The van der Waals surface area contributed by atoms with Crippen LogP contribution in [0.2, 0.25) is 5.02 Å². The number of carbonyl (C=O) groups excluding carboxylic acids is 2. The highest BCUT2D eigenvalue weighted by Gasteiger charge is 2.23. The summed E-state index contributed by atoms with van der Waals surface area (Å²) in [6, 6.07) is 18.8. The molecule has 2 fully saturated rings. The van der Waals surface area contributed by atoms with Gasteiger partial charge in [0, 0.05) is 59.7 Å². The molecule has 1 aliphatic heterocycles. The van der Waals surface area contributed by atoms with Gasteiger partial charge in [0.15, 0.2) is 0 Å². The lowest BCUT2D eigenvalue weighted by atomic mass is 9.91. The summed E-state index contributed by atoms with van der Waals surface area (Å²) >= 11 is 7.20. The summed E-state index contributed by atoms with van der Waals surface area (Å²) in [5.41, 5.74) is 9.55. The molecule has 3 heterocycles. The van der Waals surface area contributed by atoms with E-state index >= 15 is 0 Å². The van der Waals surface area contributed by atoms with Crippen LogP contribution < -0.4 is 20.1 Å². The van der Waals surface area contributed by atoms with E-state index in [4.69, 9.17) is 31.0 Å². The van der Waals surface area contributed by atoms with E-state index in [9.17, 15) is 9.59 Å². The number of methoxy groups -OCH3 is 2. The molecule has 2 aromatic heterocycles. The lowest BCUT2D eigenvalue weighted by molar-refractivity contribution is -0.119. The Labute approximate surface area is 294 Å². The van der Waals surface area contributed by atoms with Gasteiger partial charge in [0.25, 0.3) is 0 Å². The standard InChI is InChI=1S/C40H45ClN4O4/c1-24-19-33(25(2)34(20-24)36-17-13-28(40(45-36)49-4)23-42-22-26-11-15-30(46)21-26)31-9-6-10-32(38(31)41)35-16-12-27(39(44-35)48-3)7-5-8-29-14-18-37(47)43-29/h6,9-10,12-13,16-17,19-20,26,29,42H,5,7-8,11,14-15,18,21-23H2,1-4H3,(H,43,47)/t26-,29-/m1/s1. The van der Waals surface area contributed by atoms with Crippen molar-refractivity contribution >= 4 is 23.3 Å². The van der Waals surface area contributed by atoms with Crippen molar-refractivity contribution in [1.82, 2.24) is 20.6 Å². The fourth-order valence-corrected chi connectivity index (χ4v) is 7.49. The number of ketones is 1. The number of aryl methyl sites for hydroxylation is 2. The predicted octanol–water partition coefficient (Wildman–Crippen LogP) is 7.83. The van der Waals surface area contributed by atoms with Crippen LogP contribution in [0, 0.1) is 19.8 Å². The molecule has 49 heavy (non-hydrogen) atoms. The van der Waals surface area contributed by atoms with Crippen molar-refractivity contribution in [2.45, 2.75) is 77.8 Å². The van der Waals surface area contributed by atoms with Gasteiger partial charge < -0.3 is 20.1 Å². The zero-order valence-electron chi connectivity index (χ0n) is 28.8. The lowest BCUT2D eigenvalue weighted by Crippen LogP contribution is -2.25. The quantitative estimate of drug-likeness (QED) is 0.148. The Kier molecular flexibility index (Phi) is 11.0. The minimum Gasteiger partial charge on any atom is -0.481 e.